The second-order valence-electron chi connectivity index (χ2n) is 4.18. The van der Waals surface area contributed by atoms with Crippen molar-refractivity contribution in [3.8, 4) is 0 Å². The maximum absolute atomic E-state index is 11.0. The summed E-state index contributed by atoms with van der Waals surface area (Å²) in [6, 6.07) is 0. The Labute approximate surface area is 108 Å². The van der Waals surface area contributed by atoms with Crippen LogP contribution in [0, 0.1) is 0 Å². The molecule has 5 heteroatoms. The molecule has 0 radical (unpaired) electrons. The molecule has 1 rings (SSSR count). The molecule has 0 unspecified atom stereocenters. The van der Waals surface area contributed by atoms with Crippen LogP contribution in [0.15, 0.2) is 12.3 Å². The Balaban J connectivity index is 2.49. The zero-order valence-electron chi connectivity index (χ0n) is 10.3. The summed E-state index contributed by atoms with van der Waals surface area (Å²) >= 11 is 5.12. The summed E-state index contributed by atoms with van der Waals surface area (Å²) in [4.78, 5) is 14.8. The van der Waals surface area contributed by atoms with Crippen LogP contribution in [-0.2, 0) is 0 Å². The van der Waals surface area contributed by atoms with Crippen molar-refractivity contribution in [1.29, 1.82) is 0 Å². The maximum atomic E-state index is 11.0. The number of carbonyl (C=O) groups is 1. The van der Waals surface area contributed by atoms with Gasteiger partial charge in [-0.1, -0.05) is 19.1 Å². The van der Waals surface area contributed by atoms with Crippen molar-refractivity contribution in [2.24, 2.45) is 0 Å². The molecule has 1 amide bonds. The highest BCUT2D eigenvalue weighted by molar-refractivity contribution is 7.80. The van der Waals surface area contributed by atoms with Crippen molar-refractivity contribution >= 4 is 23.3 Å². The fourth-order valence-electron chi connectivity index (χ4n) is 1.85. The average molecular weight is 256 g/mol. The monoisotopic (exact) mass is 256 g/mol. The van der Waals surface area contributed by atoms with E-state index in [0.29, 0.717) is 11.5 Å². The summed E-state index contributed by atoms with van der Waals surface area (Å²) in [6.07, 6.45) is 7.14. The Bertz CT molecular complexity index is 299. The van der Waals surface area contributed by atoms with E-state index in [1.165, 1.54) is 24.2 Å². The van der Waals surface area contributed by atoms with Gasteiger partial charge in [0.1, 0.15) is 4.99 Å². The van der Waals surface area contributed by atoms with Gasteiger partial charge in [0.15, 0.2) is 0 Å². The first-order valence-corrected chi connectivity index (χ1v) is 6.52. The van der Waals surface area contributed by atoms with Crippen LogP contribution in [0.5, 0.6) is 0 Å². The molecule has 1 heterocycles. The van der Waals surface area contributed by atoms with Crippen LogP contribution in [0.3, 0.4) is 0 Å². The van der Waals surface area contributed by atoms with Crippen LogP contribution in [0.1, 0.15) is 32.6 Å². The summed E-state index contributed by atoms with van der Waals surface area (Å²) in [5.74, 6) is 0. The molecule has 1 aliphatic heterocycles. The molecule has 4 nitrogen and oxygen atoms in total. The van der Waals surface area contributed by atoms with E-state index in [9.17, 15) is 4.79 Å². The molecule has 0 atom stereocenters. The van der Waals surface area contributed by atoms with Crippen LogP contribution in [-0.4, -0.2) is 45.6 Å². The van der Waals surface area contributed by atoms with E-state index in [1.807, 2.05) is 13.1 Å². The van der Waals surface area contributed by atoms with E-state index in [0.717, 1.165) is 19.5 Å². The second kappa shape index (κ2) is 7.27. The van der Waals surface area contributed by atoms with Gasteiger partial charge in [0.2, 0.25) is 0 Å². The zero-order valence-corrected chi connectivity index (χ0v) is 11.1. The number of thiocarbonyl (C=S) groups is 1. The van der Waals surface area contributed by atoms with E-state index in [4.69, 9.17) is 17.3 Å². The van der Waals surface area contributed by atoms with Gasteiger partial charge in [-0.3, -0.25) is 4.90 Å². The average Bonchev–Trinajstić information content (AvgIpc) is 2.34. The van der Waals surface area contributed by atoms with Gasteiger partial charge in [-0.05, 0) is 31.8 Å². The molecule has 1 fully saturated rings. The van der Waals surface area contributed by atoms with Gasteiger partial charge >= 0.3 is 6.09 Å². The molecule has 0 aliphatic carbocycles. The predicted octanol–water partition coefficient (Wildman–Crippen LogP) is 2.70. The quantitative estimate of drug-likeness (QED) is 0.620. The van der Waals surface area contributed by atoms with Crippen molar-refractivity contribution in [2.75, 3.05) is 19.6 Å². The molecule has 0 aromatic heterocycles. The first-order valence-electron chi connectivity index (χ1n) is 6.12. The van der Waals surface area contributed by atoms with Crippen molar-refractivity contribution in [2.45, 2.75) is 32.6 Å². The first-order chi connectivity index (χ1) is 8.15. The van der Waals surface area contributed by atoms with Gasteiger partial charge in [-0.15, -0.1) is 0 Å². The Morgan fingerprint density at radius 1 is 1.41 bits per heavy atom. The van der Waals surface area contributed by atoms with Crippen molar-refractivity contribution in [3.05, 3.63) is 12.3 Å². The molecule has 0 aromatic rings. The number of carboxylic acid groups (broad SMARTS) is 1. The molecule has 96 valence electrons. The molecule has 1 saturated heterocycles. The molecule has 0 bridgehead atoms. The van der Waals surface area contributed by atoms with E-state index >= 15 is 0 Å². The van der Waals surface area contributed by atoms with E-state index < -0.39 is 6.09 Å². The molecular formula is C12H20N2O2S. The number of rotatable bonds is 4. The number of piperidine rings is 1. The molecule has 1 N–H and O–H groups in total. The molecular weight excluding hydrogens is 236 g/mol. The van der Waals surface area contributed by atoms with Gasteiger partial charge in [0.25, 0.3) is 0 Å². The molecule has 0 spiro atoms. The minimum atomic E-state index is -0.972. The van der Waals surface area contributed by atoms with Crippen molar-refractivity contribution in [3.63, 3.8) is 0 Å². The third-order valence-electron chi connectivity index (χ3n) is 2.76. The van der Waals surface area contributed by atoms with Crippen molar-refractivity contribution < 1.29 is 9.90 Å². The Morgan fingerprint density at radius 2 is 2.06 bits per heavy atom. The fourth-order valence-corrected chi connectivity index (χ4v) is 2.08. The summed E-state index contributed by atoms with van der Waals surface area (Å²) in [6.45, 7) is 4.48. The fraction of sp³-hybridized carbons (Fsp3) is 0.667. The SMILES string of the molecule is CCCN(C(=O)O)C(=S)C=CN1CCCCC1. The van der Waals surface area contributed by atoms with Crippen molar-refractivity contribution in [1.82, 2.24) is 9.80 Å². The number of hydrogen-bond acceptors (Lipinski definition) is 3. The maximum Gasteiger partial charge on any atom is 0.412 e. The van der Waals surface area contributed by atoms with E-state index in [-0.39, 0.29) is 0 Å². The van der Waals surface area contributed by atoms with Crippen LogP contribution in [0.2, 0.25) is 0 Å². The van der Waals surface area contributed by atoms with Crippen LogP contribution in [0.4, 0.5) is 4.79 Å². The minimum Gasteiger partial charge on any atom is -0.465 e. The highest BCUT2D eigenvalue weighted by Gasteiger charge is 2.14. The minimum absolute atomic E-state index is 0.380. The number of nitrogens with zero attached hydrogens (tertiary/aromatic N) is 2. The summed E-state index contributed by atoms with van der Waals surface area (Å²) < 4.78 is 0. The van der Waals surface area contributed by atoms with Gasteiger partial charge < -0.3 is 10.0 Å². The lowest BCUT2D eigenvalue weighted by Crippen LogP contribution is -2.34. The van der Waals surface area contributed by atoms with Crippen LogP contribution < -0.4 is 0 Å². The topological polar surface area (TPSA) is 43.8 Å². The second-order valence-corrected chi connectivity index (χ2v) is 4.60. The first kappa shape index (κ1) is 14.0. The molecule has 17 heavy (non-hydrogen) atoms. The van der Waals surface area contributed by atoms with E-state index in [1.54, 1.807) is 6.08 Å². The normalized spacial score (nSPS) is 16.2. The molecule has 0 saturated carbocycles. The lowest BCUT2D eigenvalue weighted by molar-refractivity contribution is 0.170. The highest BCUT2D eigenvalue weighted by Crippen LogP contribution is 2.09. The Morgan fingerprint density at radius 3 is 2.59 bits per heavy atom. The van der Waals surface area contributed by atoms with Gasteiger partial charge in [0.05, 0.1) is 0 Å². The standard InChI is InChI=1S/C12H20N2O2S/c1-2-7-14(12(15)16)11(17)6-10-13-8-4-3-5-9-13/h6,10H,2-5,7-9H2,1H3,(H,15,16). The van der Waals surface area contributed by atoms with Gasteiger partial charge in [-0.2, -0.15) is 0 Å². The van der Waals surface area contributed by atoms with E-state index in [2.05, 4.69) is 4.90 Å². The lowest BCUT2D eigenvalue weighted by Gasteiger charge is -2.25. The van der Waals surface area contributed by atoms with Gasteiger partial charge in [-0.25, -0.2) is 4.79 Å². The Kier molecular flexibility index (Phi) is 5.97. The number of amides is 1. The number of likely N-dealkylation sites (tertiary alicyclic amines) is 1. The summed E-state index contributed by atoms with van der Waals surface area (Å²) in [7, 11) is 0. The molecule has 0 aromatic carbocycles. The van der Waals surface area contributed by atoms with Crippen LogP contribution >= 0.6 is 12.2 Å². The number of hydrogen-bond donors (Lipinski definition) is 1. The Hall–Kier alpha value is -1.10. The molecule has 1 aliphatic rings. The van der Waals surface area contributed by atoms with Crippen LogP contribution in [0.25, 0.3) is 0 Å². The third-order valence-corrected chi connectivity index (χ3v) is 3.12. The largest absolute Gasteiger partial charge is 0.465 e. The highest BCUT2D eigenvalue weighted by atomic mass is 32.1. The van der Waals surface area contributed by atoms with Gasteiger partial charge in [0, 0.05) is 25.8 Å². The lowest BCUT2D eigenvalue weighted by atomic mass is 10.1. The smallest absolute Gasteiger partial charge is 0.412 e. The summed E-state index contributed by atoms with van der Waals surface area (Å²) in [5.41, 5.74) is 0. The summed E-state index contributed by atoms with van der Waals surface area (Å²) in [5, 5.41) is 9.00. The predicted molar refractivity (Wildman–Crippen MR) is 72.2 cm³/mol. The third kappa shape index (κ3) is 4.73. The zero-order chi connectivity index (χ0) is 12.7.